The molecule has 0 aliphatic heterocycles. The fourth-order valence-corrected chi connectivity index (χ4v) is 2.43. The van der Waals surface area contributed by atoms with Crippen LogP contribution in [0.3, 0.4) is 0 Å². The molecule has 0 saturated carbocycles. The van der Waals surface area contributed by atoms with Gasteiger partial charge >= 0.3 is 0 Å². The molecule has 1 N–H and O–H groups in total. The Kier molecular flexibility index (Phi) is 4.81. The molecular formula is C13H16FN3OS. The molecule has 1 aromatic heterocycles. The molecule has 6 heteroatoms. The van der Waals surface area contributed by atoms with E-state index < -0.39 is 0 Å². The molecule has 1 heterocycles. The van der Waals surface area contributed by atoms with Gasteiger partial charge in [-0.25, -0.2) is 4.39 Å². The first-order valence-corrected chi connectivity index (χ1v) is 6.91. The van der Waals surface area contributed by atoms with Gasteiger partial charge in [0.25, 0.3) is 0 Å². The lowest BCUT2D eigenvalue weighted by atomic mass is 10.0. The van der Waals surface area contributed by atoms with Gasteiger partial charge in [0.1, 0.15) is 0 Å². The van der Waals surface area contributed by atoms with Crippen LogP contribution in [0.5, 0.6) is 5.75 Å². The topological polar surface area (TPSA) is 47.0 Å². The van der Waals surface area contributed by atoms with Gasteiger partial charge in [0.2, 0.25) is 0 Å². The van der Waals surface area contributed by atoms with Crippen molar-refractivity contribution in [2.75, 3.05) is 13.7 Å². The fourth-order valence-electron chi connectivity index (χ4n) is 1.92. The first kappa shape index (κ1) is 13.9. The minimum Gasteiger partial charge on any atom is -0.494 e. The Morgan fingerprint density at radius 3 is 2.89 bits per heavy atom. The average molecular weight is 281 g/mol. The normalized spacial score (nSPS) is 12.4. The van der Waals surface area contributed by atoms with Gasteiger partial charge in [-0.2, -0.15) is 0 Å². The minimum absolute atomic E-state index is 0.0524. The van der Waals surface area contributed by atoms with Crippen LogP contribution < -0.4 is 10.1 Å². The summed E-state index contributed by atoms with van der Waals surface area (Å²) >= 11 is 1.32. The van der Waals surface area contributed by atoms with Crippen LogP contribution in [0, 0.1) is 5.82 Å². The van der Waals surface area contributed by atoms with Gasteiger partial charge in [-0.15, -0.1) is 5.10 Å². The van der Waals surface area contributed by atoms with Gasteiger partial charge in [0, 0.05) is 5.38 Å². The zero-order valence-electron chi connectivity index (χ0n) is 10.9. The molecule has 1 atom stereocenters. The van der Waals surface area contributed by atoms with Crippen molar-refractivity contribution in [2.24, 2.45) is 0 Å². The Morgan fingerprint density at radius 2 is 2.32 bits per heavy atom. The number of benzene rings is 1. The first-order chi connectivity index (χ1) is 9.24. The second-order valence-corrected chi connectivity index (χ2v) is 4.72. The molecule has 0 fully saturated rings. The Hall–Kier alpha value is -1.53. The molecule has 0 saturated heterocycles. The van der Waals surface area contributed by atoms with E-state index in [1.165, 1.54) is 24.7 Å². The van der Waals surface area contributed by atoms with Crippen LogP contribution >= 0.6 is 11.5 Å². The third-order valence-corrected chi connectivity index (χ3v) is 3.36. The van der Waals surface area contributed by atoms with Crippen LogP contribution in [0.15, 0.2) is 23.6 Å². The summed E-state index contributed by atoms with van der Waals surface area (Å²) in [5.74, 6) is -0.0780. The molecule has 102 valence electrons. The van der Waals surface area contributed by atoms with E-state index in [1.54, 1.807) is 6.07 Å². The Balaban J connectivity index is 2.15. The summed E-state index contributed by atoms with van der Waals surface area (Å²) in [5.41, 5.74) is 1.79. The number of aromatic nitrogens is 2. The predicted octanol–water partition coefficient (Wildman–Crippen LogP) is 2.58. The van der Waals surface area contributed by atoms with Crippen LogP contribution in [0.4, 0.5) is 4.39 Å². The lowest BCUT2D eigenvalue weighted by Gasteiger charge is -2.15. The van der Waals surface area contributed by atoms with Gasteiger partial charge in [0.05, 0.1) is 18.8 Å². The molecule has 0 amide bonds. The number of rotatable bonds is 6. The van der Waals surface area contributed by atoms with E-state index in [0.29, 0.717) is 6.42 Å². The number of nitrogens with one attached hydrogen (secondary N) is 1. The number of hydrogen-bond donors (Lipinski definition) is 1. The van der Waals surface area contributed by atoms with Gasteiger partial charge in [-0.1, -0.05) is 17.5 Å². The van der Waals surface area contributed by atoms with Crippen LogP contribution in [0.2, 0.25) is 0 Å². The highest BCUT2D eigenvalue weighted by atomic mass is 32.1. The van der Waals surface area contributed by atoms with E-state index in [-0.39, 0.29) is 17.6 Å². The van der Waals surface area contributed by atoms with Crippen molar-refractivity contribution in [1.29, 1.82) is 0 Å². The standard InChI is InChI=1S/C13H16FN3OS/c1-3-15-11(12-8-19-17-16-12)7-9-4-5-13(18-2)10(14)6-9/h4-6,8,11,15H,3,7H2,1-2H3. The Labute approximate surface area is 115 Å². The van der Waals surface area contributed by atoms with Gasteiger partial charge < -0.3 is 10.1 Å². The van der Waals surface area contributed by atoms with Crippen molar-refractivity contribution in [3.63, 3.8) is 0 Å². The number of hydrogen-bond acceptors (Lipinski definition) is 5. The molecule has 2 aromatic rings. The molecule has 0 spiro atoms. The second kappa shape index (κ2) is 6.58. The molecule has 19 heavy (non-hydrogen) atoms. The van der Waals surface area contributed by atoms with Crippen LogP contribution in [0.1, 0.15) is 24.2 Å². The highest BCUT2D eigenvalue weighted by Crippen LogP contribution is 2.22. The third kappa shape index (κ3) is 3.48. The number of likely N-dealkylation sites (N-methyl/N-ethyl adjacent to an activating group) is 1. The lowest BCUT2D eigenvalue weighted by molar-refractivity contribution is 0.386. The van der Waals surface area contributed by atoms with Crippen LogP contribution in [0.25, 0.3) is 0 Å². The molecule has 0 bridgehead atoms. The predicted molar refractivity (Wildman–Crippen MR) is 73.0 cm³/mol. The molecule has 0 aliphatic rings. The maximum atomic E-state index is 13.7. The molecule has 1 aromatic carbocycles. The highest BCUT2D eigenvalue weighted by molar-refractivity contribution is 7.03. The Morgan fingerprint density at radius 1 is 1.47 bits per heavy atom. The average Bonchev–Trinajstić information content (AvgIpc) is 2.92. The summed E-state index contributed by atoms with van der Waals surface area (Å²) in [5, 5.41) is 9.32. The van der Waals surface area contributed by atoms with Crippen molar-refractivity contribution < 1.29 is 9.13 Å². The molecule has 0 radical (unpaired) electrons. The van der Waals surface area contributed by atoms with Gasteiger partial charge in [-0.3, -0.25) is 0 Å². The van der Waals surface area contributed by atoms with Crippen molar-refractivity contribution in [1.82, 2.24) is 14.9 Å². The fraction of sp³-hybridized carbons (Fsp3) is 0.385. The highest BCUT2D eigenvalue weighted by Gasteiger charge is 2.15. The van der Waals surface area contributed by atoms with E-state index in [4.69, 9.17) is 4.74 Å². The van der Waals surface area contributed by atoms with E-state index in [0.717, 1.165) is 17.8 Å². The monoisotopic (exact) mass is 281 g/mol. The maximum Gasteiger partial charge on any atom is 0.165 e. The van der Waals surface area contributed by atoms with Crippen molar-refractivity contribution in [3.05, 3.63) is 40.7 Å². The summed E-state index contributed by atoms with van der Waals surface area (Å²) in [6, 6.07) is 5.07. The van der Waals surface area contributed by atoms with Crippen LogP contribution in [-0.4, -0.2) is 23.2 Å². The van der Waals surface area contributed by atoms with Crippen molar-refractivity contribution in [3.8, 4) is 5.75 Å². The third-order valence-electron chi connectivity index (χ3n) is 2.84. The van der Waals surface area contributed by atoms with Crippen LogP contribution in [-0.2, 0) is 6.42 Å². The molecular weight excluding hydrogens is 265 g/mol. The second-order valence-electron chi connectivity index (χ2n) is 4.11. The quantitative estimate of drug-likeness (QED) is 0.884. The smallest absolute Gasteiger partial charge is 0.165 e. The molecule has 2 rings (SSSR count). The molecule has 0 aliphatic carbocycles. The summed E-state index contributed by atoms with van der Waals surface area (Å²) < 4.78 is 22.4. The van der Waals surface area contributed by atoms with Crippen molar-refractivity contribution in [2.45, 2.75) is 19.4 Å². The summed E-state index contributed by atoms with van der Waals surface area (Å²) in [4.78, 5) is 0. The molecule has 1 unspecified atom stereocenters. The number of ether oxygens (including phenoxy) is 1. The van der Waals surface area contributed by atoms with E-state index in [9.17, 15) is 4.39 Å². The Bertz CT molecular complexity index is 519. The van der Waals surface area contributed by atoms with E-state index >= 15 is 0 Å². The SMILES string of the molecule is CCNC(Cc1ccc(OC)c(F)c1)c1csnn1. The van der Waals surface area contributed by atoms with Gasteiger partial charge in [-0.05, 0) is 42.2 Å². The summed E-state index contributed by atoms with van der Waals surface area (Å²) in [7, 11) is 1.46. The first-order valence-electron chi connectivity index (χ1n) is 6.07. The van der Waals surface area contributed by atoms with Gasteiger partial charge in [0.15, 0.2) is 11.6 Å². The number of methoxy groups -OCH3 is 1. The summed E-state index contributed by atoms with van der Waals surface area (Å²) in [6.45, 7) is 2.85. The zero-order chi connectivity index (χ0) is 13.7. The van der Waals surface area contributed by atoms with E-state index in [1.807, 2.05) is 18.4 Å². The minimum atomic E-state index is -0.341. The van der Waals surface area contributed by atoms with Crippen molar-refractivity contribution >= 4 is 11.5 Å². The largest absolute Gasteiger partial charge is 0.494 e. The molecule has 4 nitrogen and oxygen atoms in total. The van der Waals surface area contributed by atoms with E-state index in [2.05, 4.69) is 14.9 Å². The lowest BCUT2D eigenvalue weighted by Crippen LogP contribution is -2.23. The zero-order valence-corrected chi connectivity index (χ0v) is 11.7. The summed E-state index contributed by atoms with van der Waals surface area (Å²) in [6.07, 6.45) is 0.667. The number of nitrogens with zero attached hydrogens (tertiary/aromatic N) is 2. The maximum absolute atomic E-state index is 13.7. The number of halogens is 1.